The number of nitrogens with one attached hydrogen (secondary N) is 2. The number of anilines is 1. The fourth-order valence-corrected chi connectivity index (χ4v) is 2.23. The van der Waals surface area contributed by atoms with E-state index in [2.05, 4.69) is 27.4 Å². The van der Waals surface area contributed by atoms with E-state index < -0.39 is 0 Å². The van der Waals surface area contributed by atoms with Crippen LogP contribution >= 0.6 is 11.6 Å². The maximum Gasteiger partial charge on any atom is 0.238 e. The largest absolute Gasteiger partial charge is 0.322 e. The van der Waals surface area contributed by atoms with Crippen molar-refractivity contribution in [3.05, 3.63) is 23.5 Å². The molecule has 0 unspecified atom stereocenters. The zero-order valence-electron chi connectivity index (χ0n) is 11.0. The summed E-state index contributed by atoms with van der Waals surface area (Å²) in [7, 11) is 0. The van der Waals surface area contributed by atoms with E-state index in [1.54, 1.807) is 18.3 Å². The van der Waals surface area contributed by atoms with Gasteiger partial charge in [0.1, 0.15) is 0 Å². The summed E-state index contributed by atoms with van der Waals surface area (Å²) in [6.07, 6.45) is 2.64. The van der Waals surface area contributed by atoms with E-state index in [0.717, 1.165) is 26.1 Å². The van der Waals surface area contributed by atoms with Crippen molar-refractivity contribution in [3.8, 4) is 0 Å². The molecule has 0 radical (unpaired) electrons. The van der Waals surface area contributed by atoms with Crippen molar-refractivity contribution in [2.75, 3.05) is 31.5 Å². The third kappa shape index (κ3) is 3.89. The predicted molar refractivity (Wildman–Crippen MR) is 76.4 cm³/mol. The number of rotatable bonds is 6. The van der Waals surface area contributed by atoms with E-state index in [9.17, 15) is 4.79 Å². The Morgan fingerprint density at radius 3 is 3.00 bits per heavy atom. The van der Waals surface area contributed by atoms with Crippen LogP contribution in [0.25, 0.3) is 0 Å². The molecule has 0 saturated carbocycles. The number of hydrogen-bond donors (Lipinski definition) is 2. The lowest BCUT2D eigenvalue weighted by Crippen LogP contribution is -2.58. The summed E-state index contributed by atoms with van der Waals surface area (Å²) in [6, 6.07) is 3.97. The molecule has 1 aromatic heterocycles. The second-order valence-electron chi connectivity index (χ2n) is 4.67. The second kappa shape index (κ2) is 6.84. The van der Waals surface area contributed by atoms with Crippen LogP contribution in [0.5, 0.6) is 0 Å². The van der Waals surface area contributed by atoms with Crippen LogP contribution in [-0.2, 0) is 4.79 Å². The van der Waals surface area contributed by atoms with Crippen LogP contribution < -0.4 is 10.6 Å². The zero-order valence-corrected chi connectivity index (χ0v) is 11.8. The van der Waals surface area contributed by atoms with Gasteiger partial charge in [-0.2, -0.15) is 0 Å². The summed E-state index contributed by atoms with van der Waals surface area (Å²) in [4.78, 5) is 18.2. The molecule has 0 spiro atoms. The Morgan fingerprint density at radius 2 is 2.42 bits per heavy atom. The Bertz CT molecular complexity index is 436. The Labute approximate surface area is 118 Å². The van der Waals surface area contributed by atoms with Crippen LogP contribution in [0.2, 0.25) is 5.15 Å². The Hall–Kier alpha value is -1.17. The minimum atomic E-state index is -0.0461. The monoisotopic (exact) mass is 282 g/mol. The third-order valence-electron chi connectivity index (χ3n) is 3.17. The minimum absolute atomic E-state index is 0.0461. The van der Waals surface area contributed by atoms with E-state index in [4.69, 9.17) is 11.6 Å². The molecule has 1 saturated heterocycles. The first kappa shape index (κ1) is 14.2. The molecule has 0 aromatic carbocycles. The van der Waals surface area contributed by atoms with Gasteiger partial charge in [0.25, 0.3) is 0 Å². The van der Waals surface area contributed by atoms with Crippen LogP contribution in [-0.4, -0.2) is 48.0 Å². The van der Waals surface area contributed by atoms with Gasteiger partial charge < -0.3 is 10.6 Å². The predicted octanol–water partition coefficient (Wildman–Crippen LogP) is 1.36. The van der Waals surface area contributed by atoms with E-state index >= 15 is 0 Å². The molecule has 1 aromatic rings. The topological polar surface area (TPSA) is 57.3 Å². The molecule has 2 N–H and O–H groups in total. The van der Waals surface area contributed by atoms with Crippen LogP contribution in [0.15, 0.2) is 18.3 Å². The standard InChI is InChI=1S/C13H19ClN4O/c1-2-6-18(10-7-15-8-10)9-12(19)17-11-4-3-5-16-13(11)14/h3-5,10,15H,2,6-9H2,1H3,(H,17,19). The lowest BCUT2D eigenvalue weighted by atomic mass is 10.1. The van der Waals surface area contributed by atoms with Crippen molar-refractivity contribution >= 4 is 23.2 Å². The molecule has 2 heterocycles. The molecule has 6 heteroatoms. The highest BCUT2D eigenvalue weighted by Gasteiger charge is 2.25. The summed E-state index contributed by atoms with van der Waals surface area (Å²) < 4.78 is 0. The van der Waals surface area contributed by atoms with Crippen molar-refractivity contribution in [1.29, 1.82) is 0 Å². The second-order valence-corrected chi connectivity index (χ2v) is 5.03. The number of carbonyl (C=O) groups is 1. The third-order valence-corrected chi connectivity index (χ3v) is 3.47. The summed E-state index contributed by atoms with van der Waals surface area (Å²) in [5.74, 6) is -0.0461. The fourth-order valence-electron chi connectivity index (χ4n) is 2.06. The van der Waals surface area contributed by atoms with Crippen molar-refractivity contribution < 1.29 is 4.79 Å². The maximum atomic E-state index is 12.0. The van der Waals surface area contributed by atoms with Crippen molar-refractivity contribution in [2.45, 2.75) is 19.4 Å². The number of amides is 1. The molecule has 2 rings (SSSR count). The Balaban J connectivity index is 1.90. The molecule has 104 valence electrons. The molecule has 1 aliphatic rings. The van der Waals surface area contributed by atoms with Gasteiger partial charge in [-0.25, -0.2) is 4.98 Å². The van der Waals surface area contributed by atoms with Gasteiger partial charge in [-0.3, -0.25) is 9.69 Å². The Kier molecular flexibility index (Phi) is 5.13. The normalized spacial score (nSPS) is 15.3. The maximum absolute atomic E-state index is 12.0. The van der Waals surface area contributed by atoms with Crippen LogP contribution in [0.3, 0.4) is 0 Å². The van der Waals surface area contributed by atoms with Crippen LogP contribution in [0, 0.1) is 0 Å². The summed E-state index contributed by atoms with van der Waals surface area (Å²) in [5.41, 5.74) is 0.567. The van der Waals surface area contributed by atoms with Crippen molar-refractivity contribution in [1.82, 2.24) is 15.2 Å². The highest BCUT2D eigenvalue weighted by Crippen LogP contribution is 2.17. The van der Waals surface area contributed by atoms with E-state index in [0.29, 0.717) is 23.4 Å². The van der Waals surface area contributed by atoms with Crippen LogP contribution in [0.1, 0.15) is 13.3 Å². The van der Waals surface area contributed by atoms with E-state index in [1.807, 2.05) is 0 Å². The molecule has 5 nitrogen and oxygen atoms in total. The Morgan fingerprint density at radius 1 is 1.63 bits per heavy atom. The number of hydrogen-bond acceptors (Lipinski definition) is 4. The van der Waals surface area contributed by atoms with Crippen LogP contribution in [0.4, 0.5) is 5.69 Å². The first-order valence-corrected chi connectivity index (χ1v) is 6.93. The number of halogens is 1. The number of carbonyl (C=O) groups excluding carboxylic acids is 1. The quantitative estimate of drug-likeness (QED) is 0.774. The fraction of sp³-hybridized carbons (Fsp3) is 0.538. The zero-order chi connectivity index (χ0) is 13.7. The number of pyridine rings is 1. The molecular weight excluding hydrogens is 264 g/mol. The molecule has 0 atom stereocenters. The highest BCUT2D eigenvalue weighted by atomic mass is 35.5. The lowest BCUT2D eigenvalue weighted by Gasteiger charge is -2.37. The van der Waals surface area contributed by atoms with E-state index in [-0.39, 0.29) is 5.91 Å². The smallest absolute Gasteiger partial charge is 0.238 e. The molecule has 0 aliphatic carbocycles. The van der Waals surface area contributed by atoms with Crippen molar-refractivity contribution in [2.24, 2.45) is 0 Å². The molecule has 1 amide bonds. The first-order valence-electron chi connectivity index (χ1n) is 6.56. The summed E-state index contributed by atoms with van der Waals surface area (Å²) >= 11 is 5.92. The van der Waals surface area contributed by atoms with Gasteiger partial charge in [0.15, 0.2) is 5.15 Å². The van der Waals surface area contributed by atoms with Gasteiger partial charge in [-0.05, 0) is 25.1 Å². The van der Waals surface area contributed by atoms with Gasteiger partial charge in [0.2, 0.25) is 5.91 Å². The van der Waals surface area contributed by atoms with Gasteiger partial charge in [-0.15, -0.1) is 0 Å². The summed E-state index contributed by atoms with van der Waals surface area (Å²) in [5, 5.41) is 6.36. The highest BCUT2D eigenvalue weighted by molar-refractivity contribution is 6.32. The average molecular weight is 283 g/mol. The number of nitrogens with zero attached hydrogens (tertiary/aromatic N) is 2. The molecule has 1 fully saturated rings. The van der Waals surface area contributed by atoms with Gasteiger partial charge in [0, 0.05) is 25.3 Å². The molecule has 1 aliphatic heterocycles. The molecule has 0 bridgehead atoms. The van der Waals surface area contributed by atoms with Gasteiger partial charge >= 0.3 is 0 Å². The first-order chi connectivity index (χ1) is 9.20. The molecular formula is C13H19ClN4O. The van der Waals surface area contributed by atoms with Crippen molar-refractivity contribution in [3.63, 3.8) is 0 Å². The lowest BCUT2D eigenvalue weighted by molar-refractivity contribution is -0.118. The minimum Gasteiger partial charge on any atom is -0.322 e. The SMILES string of the molecule is CCCN(CC(=O)Nc1cccnc1Cl)C1CNC1. The number of aromatic nitrogens is 1. The van der Waals surface area contributed by atoms with Gasteiger partial charge in [0.05, 0.1) is 12.2 Å². The average Bonchev–Trinajstić information content (AvgIpc) is 2.30. The van der Waals surface area contributed by atoms with E-state index in [1.165, 1.54) is 0 Å². The van der Waals surface area contributed by atoms with Gasteiger partial charge in [-0.1, -0.05) is 18.5 Å². The molecule has 19 heavy (non-hydrogen) atoms. The summed E-state index contributed by atoms with van der Waals surface area (Å²) in [6.45, 7) is 5.36.